The van der Waals surface area contributed by atoms with Gasteiger partial charge in [0.05, 0.1) is 30.2 Å². The first kappa shape index (κ1) is 18.3. The Bertz CT molecular complexity index is 768. The van der Waals surface area contributed by atoms with Crippen LogP contribution in [0.2, 0.25) is 0 Å². The lowest BCUT2D eigenvalue weighted by molar-refractivity contribution is -0.137. The molecule has 8 heteroatoms. The average molecular weight is 346 g/mol. The number of aryl methyl sites for hydroxylation is 1. The summed E-state index contributed by atoms with van der Waals surface area (Å²) in [7, 11) is 1.60. The van der Waals surface area contributed by atoms with E-state index < -0.39 is 5.97 Å². The lowest BCUT2D eigenvalue weighted by atomic mass is 10.1. The number of carboxylic acids is 1. The topological polar surface area (TPSA) is 105 Å². The van der Waals surface area contributed by atoms with E-state index in [0.29, 0.717) is 17.1 Å². The monoisotopic (exact) mass is 346 g/mol. The van der Waals surface area contributed by atoms with Gasteiger partial charge < -0.3 is 20.5 Å². The molecule has 2 amide bonds. The molecule has 134 valence electrons. The van der Waals surface area contributed by atoms with Crippen molar-refractivity contribution in [2.24, 2.45) is 0 Å². The maximum absolute atomic E-state index is 12.3. The molecule has 0 fully saturated rings. The molecule has 2 aromatic rings. The van der Waals surface area contributed by atoms with E-state index in [0.717, 1.165) is 11.3 Å². The smallest absolute Gasteiger partial charge is 0.325 e. The number of hydrogen-bond donors (Lipinski definition) is 3. The maximum atomic E-state index is 12.3. The van der Waals surface area contributed by atoms with Gasteiger partial charge in [-0.25, -0.2) is 4.79 Å². The fourth-order valence-electron chi connectivity index (χ4n) is 2.48. The minimum Gasteiger partial charge on any atom is -0.497 e. The lowest BCUT2D eigenvalue weighted by Crippen LogP contribution is -2.31. The fraction of sp³-hybridized carbons (Fsp3) is 0.353. The first-order valence-electron chi connectivity index (χ1n) is 7.79. The van der Waals surface area contributed by atoms with Crippen molar-refractivity contribution in [1.82, 2.24) is 15.1 Å². The number of carbonyl (C=O) groups is 2. The third-order valence-corrected chi connectivity index (χ3v) is 3.87. The van der Waals surface area contributed by atoms with E-state index in [2.05, 4.69) is 15.7 Å². The van der Waals surface area contributed by atoms with Gasteiger partial charge in [-0.05, 0) is 38.5 Å². The van der Waals surface area contributed by atoms with Gasteiger partial charge in [-0.15, -0.1) is 0 Å². The van der Waals surface area contributed by atoms with E-state index in [4.69, 9.17) is 9.84 Å². The lowest BCUT2D eigenvalue weighted by Gasteiger charge is -2.15. The Kier molecular flexibility index (Phi) is 5.63. The molecule has 1 aromatic heterocycles. The number of urea groups is 1. The van der Waals surface area contributed by atoms with Crippen LogP contribution in [-0.4, -0.2) is 34.0 Å². The predicted molar refractivity (Wildman–Crippen MR) is 92.9 cm³/mol. The van der Waals surface area contributed by atoms with Crippen molar-refractivity contribution < 1.29 is 19.4 Å². The van der Waals surface area contributed by atoms with Gasteiger partial charge in [0.1, 0.15) is 12.3 Å². The Morgan fingerprint density at radius 3 is 2.48 bits per heavy atom. The largest absolute Gasteiger partial charge is 0.497 e. The van der Waals surface area contributed by atoms with E-state index in [-0.39, 0.29) is 18.6 Å². The zero-order chi connectivity index (χ0) is 18.6. The summed E-state index contributed by atoms with van der Waals surface area (Å²) >= 11 is 0. The van der Waals surface area contributed by atoms with E-state index in [1.807, 2.05) is 31.2 Å². The van der Waals surface area contributed by atoms with Gasteiger partial charge in [0.25, 0.3) is 0 Å². The predicted octanol–water partition coefficient (Wildman–Crippen LogP) is 2.48. The van der Waals surface area contributed by atoms with Crippen molar-refractivity contribution in [3.63, 3.8) is 0 Å². The van der Waals surface area contributed by atoms with Gasteiger partial charge in [0.15, 0.2) is 0 Å². The van der Waals surface area contributed by atoms with Crippen LogP contribution in [0.4, 0.5) is 10.5 Å². The normalized spacial score (nSPS) is 11.7. The number of methoxy groups -OCH3 is 1. The van der Waals surface area contributed by atoms with E-state index in [1.165, 1.54) is 4.68 Å². The van der Waals surface area contributed by atoms with Crippen LogP contribution in [0.25, 0.3) is 0 Å². The molecule has 2 rings (SSSR count). The summed E-state index contributed by atoms with van der Waals surface area (Å²) in [5, 5.41) is 18.6. The highest BCUT2D eigenvalue weighted by molar-refractivity contribution is 5.90. The summed E-state index contributed by atoms with van der Waals surface area (Å²) in [5.74, 6) is -0.243. The summed E-state index contributed by atoms with van der Waals surface area (Å²) in [6.07, 6.45) is 0. The molecule has 0 aliphatic rings. The van der Waals surface area contributed by atoms with Gasteiger partial charge in [-0.2, -0.15) is 5.10 Å². The number of rotatable bonds is 6. The zero-order valence-corrected chi connectivity index (χ0v) is 14.7. The van der Waals surface area contributed by atoms with Crippen LogP contribution in [0.5, 0.6) is 5.75 Å². The molecule has 0 spiro atoms. The highest BCUT2D eigenvalue weighted by Crippen LogP contribution is 2.20. The number of amides is 2. The molecule has 1 heterocycles. The molecule has 0 radical (unpaired) electrons. The number of carboxylic acid groups (broad SMARTS) is 1. The second-order valence-corrected chi connectivity index (χ2v) is 5.69. The Morgan fingerprint density at radius 1 is 1.28 bits per heavy atom. The summed E-state index contributed by atoms with van der Waals surface area (Å²) in [4.78, 5) is 23.1. The molecule has 3 N–H and O–H groups in total. The summed E-state index contributed by atoms with van der Waals surface area (Å²) in [6, 6.07) is 6.83. The summed E-state index contributed by atoms with van der Waals surface area (Å²) < 4.78 is 6.46. The maximum Gasteiger partial charge on any atom is 0.325 e. The van der Waals surface area contributed by atoms with E-state index in [1.54, 1.807) is 21.0 Å². The molecule has 8 nitrogen and oxygen atoms in total. The molecule has 0 saturated carbocycles. The summed E-state index contributed by atoms with van der Waals surface area (Å²) in [5.41, 5.74) is 2.60. The molecule has 0 aliphatic carbocycles. The quantitative estimate of drug-likeness (QED) is 0.745. The van der Waals surface area contributed by atoms with Gasteiger partial charge in [-0.3, -0.25) is 9.48 Å². The first-order valence-corrected chi connectivity index (χ1v) is 7.79. The first-order chi connectivity index (χ1) is 11.8. The van der Waals surface area contributed by atoms with Crippen molar-refractivity contribution in [3.8, 4) is 5.75 Å². The second kappa shape index (κ2) is 7.69. The molecule has 0 aliphatic heterocycles. The highest BCUT2D eigenvalue weighted by Gasteiger charge is 2.17. The Balaban J connectivity index is 2.04. The number of anilines is 1. The number of carbonyl (C=O) groups excluding carboxylic acids is 1. The second-order valence-electron chi connectivity index (χ2n) is 5.69. The molecule has 1 aromatic carbocycles. The van der Waals surface area contributed by atoms with Crippen LogP contribution in [0, 0.1) is 13.8 Å². The van der Waals surface area contributed by atoms with Crippen LogP contribution in [0.15, 0.2) is 24.3 Å². The average Bonchev–Trinajstić information content (AvgIpc) is 2.81. The minimum absolute atomic E-state index is 0.208. The van der Waals surface area contributed by atoms with Crippen molar-refractivity contribution >= 4 is 17.7 Å². The third-order valence-electron chi connectivity index (χ3n) is 3.87. The molecular formula is C17H22N4O4. The van der Waals surface area contributed by atoms with Gasteiger partial charge in [-0.1, -0.05) is 12.1 Å². The van der Waals surface area contributed by atoms with Crippen molar-refractivity contribution in [1.29, 1.82) is 0 Å². The van der Waals surface area contributed by atoms with E-state index in [9.17, 15) is 9.59 Å². The van der Waals surface area contributed by atoms with Crippen LogP contribution >= 0.6 is 0 Å². The summed E-state index contributed by atoms with van der Waals surface area (Å²) in [6.45, 7) is 5.05. The highest BCUT2D eigenvalue weighted by atomic mass is 16.5. The number of aromatic nitrogens is 2. The van der Waals surface area contributed by atoms with Crippen LogP contribution in [-0.2, 0) is 11.3 Å². The Labute approximate surface area is 145 Å². The number of nitrogens with zero attached hydrogens (tertiary/aromatic N) is 2. The molecule has 0 bridgehead atoms. The molecule has 0 unspecified atom stereocenters. The number of hydrogen-bond acceptors (Lipinski definition) is 4. The molecule has 1 atom stereocenters. The molecular weight excluding hydrogens is 324 g/mol. The zero-order valence-electron chi connectivity index (χ0n) is 14.7. The third kappa shape index (κ3) is 4.50. The van der Waals surface area contributed by atoms with Gasteiger partial charge in [0, 0.05) is 0 Å². The van der Waals surface area contributed by atoms with Gasteiger partial charge in [0.2, 0.25) is 0 Å². The number of benzene rings is 1. The van der Waals surface area contributed by atoms with Crippen LogP contribution < -0.4 is 15.4 Å². The van der Waals surface area contributed by atoms with E-state index >= 15 is 0 Å². The van der Waals surface area contributed by atoms with Crippen LogP contribution in [0.1, 0.15) is 29.9 Å². The number of nitrogens with one attached hydrogen (secondary N) is 2. The van der Waals surface area contributed by atoms with Crippen molar-refractivity contribution in [2.75, 3.05) is 12.4 Å². The Hall–Kier alpha value is -3.03. The van der Waals surface area contributed by atoms with Crippen molar-refractivity contribution in [3.05, 3.63) is 41.2 Å². The van der Waals surface area contributed by atoms with Gasteiger partial charge >= 0.3 is 12.0 Å². The van der Waals surface area contributed by atoms with Crippen molar-refractivity contribution in [2.45, 2.75) is 33.4 Å². The molecule has 0 saturated heterocycles. The fourth-order valence-corrected chi connectivity index (χ4v) is 2.48. The SMILES string of the molecule is COc1ccc([C@@H](C)NC(=O)Nc2c(C)nn(CC(=O)O)c2C)cc1. The number of ether oxygens (including phenoxy) is 1. The van der Waals surface area contributed by atoms with Crippen LogP contribution in [0.3, 0.4) is 0 Å². The standard InChI is InChI=1S/C17H22N4O4/c1-10(13-5-7-14(25-4)8-6-13)18-17(24)19-16-11(2)20-21(12(16)3)9-15(22)23/h5-8,10H,9H2,1-4H3,(H,22,23)(H2,18,19,24)/t10-/m1/s1. The molecule has 25 heavy (non-hydrogen) atoms. The Morgan fingerprint density at radius 2 is 1.92 bits per heavy atom. The number of aliphatic carboxylic acids is 1. The minimum atomic E-state index is -0.991.